The van der Waals surface area contributed by atoms with Gasteiger partial charge in [-0.3, -0.25) is 4.79 Å². The molecule has 0 aliphatic heterocycles. The van der Waals surface area contributed by atoms with Crippen LogP contribution in [0, 0.1) is 11.8 Å². The fourth-order valence-corrected chi connectivity index (χ4v) is 4.18. The molecule has 21 heavy (non-hydrogen) atoms. The van der Waals surface area contributed by atoms with Gasteiger partial charge < -0.3 is 4.74 Å². The van der Waals surface area contributed by atoms with Crippen molar-refractivity contribution in [1.82, 2.24) is 0 Å². The molecule has 0 aromatic heterocycles. The first-order chi connectivity index (χ1) is 10.3. The molecular weight excluding hydrogens is 260 g/mol. The predicted molar refractivity (Wildman–Crippen MR) is 87.2 cm³/mol. The summed E-state index contributed by atoms with van der Waals surface area (Å²) in [5, 5.41) is 0. The van der Waals surface area contributed by atoms with Gasteiger partial charge in [0.1, 0.15) is 6.10 Å². The Morgan fingerprint density at radius 3 is 2.14 bits per heavy atom. The molecule has 0 atom stereocenters. The largest absolute Gasteiger partial charge is 0.462 e. The molecule has 2 nitrogen and oxygen atoms in total. The number of rotatable bonds is 7. The molecule has 0 heterocycles. The van der Waals surface area contributed by atoms with Crippen LogP contribution in [0.25, 0.3) is 0 Å². The van der Waals surface area contributed by atoms with Gasteiger partial charge in [0.05, 0.1) is 0 Å². The summed E-state index contributed by atoms with van der Waals surface area (Å²) in [6.45, 7) is 2.30. The van der Waals surface area contributed by atoms with Crippen molar-refractivity contribution >= 4 is 5.97 Å². The Labute approximate surface area is 131 Å². The summed E-state index contributed by atoms with van der Waals surface area (Å²) < 4.78 is 5.59. The van der Waals surface area contributed by atoms with Gasteiger partial charge in [-0.05, 0) is 50.4 Å². The summed E-state index contributed by atoms with van der Waals surface area (Å²) in [7, 11) is 0. The maximum absolute atomic E-state index is 11.9. The molecule has 2 fully saturated rings. The number of hydrogen-bond donors (Lipinski definition) is 0. The molecule has 0 N–H and O–H groups in total. The molecule has 0 saturated heterocycles. The van der Waals surface area contributed by atoms with Crippen LogP contribution < -0.4 is 0 Å². The van der Waals surface area contributed by atoms with Crippen LogP contribution in [0.5, 0.6) is 0 Å². The molecule has 0 bridgehead atoms. The highest BCUT2D eigenvalue weighted by atomic mass is 16.5. The second-order valence-electron chi connectivity index (χ2n) is 7.32. The standard InChI is InChI=1S/C19H34O2/c1-2-7-16-12-14-17(15-13-16)8-6-11-19(20)21-18-9-4-3-5-10-18/h16-18H,2-15H2,1H3. The Morgan fingerprint density at radius 1 is 0.905 bits per heavy atom. The van der Waals surface area contributed by atoms with E-state index in [-0.39, 0.29) is 12.1 Å². The fraction of sp³-hybridized carbons (Fsp3) is 0.947. The average Bonchev–Trinajstić information content (AvgIpc) is 2.50. The third-order valence-electron chi connectivity index (χ3n) is 5.51. The normalized spacial score (nSPS) is 27.5. The van der Waals surface area contributed by atoms with E-state index in [9.17, 15) is 4.79 Å². The van der Waals surface area contributed by atoms with Gasteiger partial charge in [0, 0.05) is 6.42 Å². The lowest BCUT2D eigenvalue weighted by molar-refractivity contribution is -0.150. The topological polar surface area (TPSA) is 26.3 Å². The van der Waals surface area contributed by atoms with Crippen LogP contribution in [-0.4, -0.2) is 12.1 Å². The molecule has 2 saturated carbocycles. The number of ether oxygens (including phenoxy) is 1. The SMILES string of the molecule is CCCC1CCC(CCCC(=O)OC2CCCCC2)CC1. The van der Waals surface area contributed by atoms with Crippen LogP contribution in [0.15, 0.2) is 0 Å². The molecule has 122 valence electrons. The first kappa shape index (κ1) is 16.8. The highest BCUT2D eigenvalue weighted by molar-refractivity contribution is 5.69. The Hall–Kier alpha value is -0.530. The first-order valence-corrected chi connectivity index (χ1v) is 9.47. The van der Waals surface area contributed by atoms with E-state index in [1.165, 1.54) is 64.2 Å². The lowest BCUT2D eigenvalue weighted by Crippen LogP contribution is -2.21. The lowest BCUT2D eigenvalue weighted by Gasteiger charge is -2.28. The second kappa shape index (κ2) is 9.48. The Balaban J connectivity index is 1.52. The van der Waals surface area contributed by atoms with Crippen molar-refractivity contribution in [2.24, 2.45) is 11.8 Å². The fourth-order valence-electron chi connectivity index (χ4n) is 4.18. The van der Waals surface area contributed by atoms with E-state index in [0.29, 0.717) is 6.42 Å². The molecular formula is C19H34O2. The number of esters is 1. The number of carbonyl (C=O) groups excluding carboxylic acids is 1. The summed E-state index contributed by atoms with van der Waals surface area (Å²) >= 11 is 0. The molecule has 2 heteroatoms. The highest BCUT2D eigenvalue weighted by Crippen LogP contribution is 2.34. The summed E-state index contributed by atoms with van der Waals surface area (Å²) in [6, 6.07) is 0. The van der Waals surface area contributed by atoms with Crippen LogP contribution in [-0.2, 0) is 9.53 Å². The monoisotopic (exact) mass is 294 g/mol. The van der Waals surface area contributed by atoms with Gasteiger partial charge in [-0.15, -0.1) is 0 Å². The Kier molecular flexibility index (Phi) is 7.60. The van der Waals surface area contributed by atoms with E-state index in [4.69, 9.17) is 4.74 Å². The molecule has 0 aromatic carbocycles. The number of carbonyl (C=O) groups is 1. The van der Waals surface area contributed by atoms with E-state index in [2.05, 4.69) is 6.92 Å². The van der Waals surface area contributed by atoms with Crippen LogP contribution in [0.4, 0.5) is 0 Å². The maximum atomic E-state index is 11.9. The summed E-state index contributed by atoms with van der Waals surface area (Å²) in [6.07, 6.45) is 17.5. The van der Waals surface area contributed by atoms with Crippen LogP contribution in [0.1, 0.15) is 96.8 Å². The zero-order valence-corrected chi connectivity index (χ0v) is 13.9. The van der Waals surface area contributed by atoms with Gasteiger partial charge in [0.2, 0.25) is 0 Å². The average molecular weight is 294 g/mol. The zero-order chi connectivity index (χ0) is 14.9. The summed E-state index contributed by atoms with van der Waals surface area (Å²) in [4.78, 5) is 11.9. The second-order valence-corrected chi connectivity index (χ2v) is 7.32. The minimum absolute atomic E-state index is 0.0570. The van der Waals surface area contributed by atoms with E-state index in [1.54, 1.807) is 0 Å². The molecule has 2 aliphatic rings. The molecule has 2 aliphatic carbocycles. The van der Waals surface area contributed by atoms with Crippen LogP contribution in [0.2, 0.25) is 0 Å². The van der Waals surface area contributed by atoms with Gasteiger partial charge in [0.15, 0.2) is 0 Å². The van der Waals surface area contributed by atoms with Crippen LogP contribution >= 0.6 is 0 Å². The third-order valence-corrected chi connectivity index (χ3v) is 5.51. The molecule has 0 unspecified atom stereocenters. The number of hydrogen-bond acceptors (Lipinski definition) is 2. The molecule has 0 radical (unpaired) electrons. The van der Waals surface area contributed by atoms with Gasteiger partial charge >= 0.3 is 5.97 Å². The van der Waals surface area contributed by atoms with E-state index >= 15 is 0 Å². The third kappa shape index (κ3) is 6.40. The quantitative estimate of drug-likeness (QED) is 0.568. The van der Waals surface area contributed by atoms with Crippen molar-refractivity contribution in [1.29, 1.82) is 0 Å². The first-order valence-electron chi connectivity index (χ1n) is 9.47. The van der Waals surface area contributed by atoms with Gasteiger partial charge in [0.25, 0.3) is 0 Å². The summed E-state index contributed by atoms with van der Waals surface area (Å²) in [5.41, 5.74) is 0. The smallest absolute Gasteiger partial charge is 0.306 e. The zero-order valence-electron chi connectivity index (χ0n) is 13.9. The lowest BCUT2D eigenvalue weighted by atomic mass is 9.78. The highest BCUT2D eigenvalue weighted by Gasteiger charge is 2.21. The maximum Gasteiger partial charge on any atom is 0.306 e. The van der Waals surface area contributed by atoms with Gasteiger partial charge in [-0.25, -0.2) is 0 Å². The molecule has 0 aromatic rings. The van der Waals surface area contributed by atoms with Crippen molar-refractivity contribution in [2.75, 3.05) is 0 Å². The van der Waals surface area contributed by atoms with E-state index in [1.807, 2.05) is 0 Å². The van der Waals surface area contributed by atoms with Gasteiger partial charge in [-0.2, -0.15) is 0 Å². The van der Waals surface area contributed by atoms with Crippen molar-refractivity contribution < 1.29 is 9.53 Å². The molecule has 0 amide bonds. The van der Waals surface area contributed by atoms with Crippen molar-refractivity contribution in [3.05, 3.63) is 0 Å². The minimum Gasteiger partial charge on any atom is -0.462 e. The van der Waals surface area contributed by atoms with Crippen molar-refractivity contribution in [2.45, 2.75) is 103 Å². The molecule has 0 spiro atoms. The predicted octanol–water partition coefficient (Wildman–Crippen LogP) is 5.64. The van der Waals surface area contributed by atoms with E-state index < -0.39 is 0 Å². The van der Waals surface area contributed by atoms with Crippen LogP contribution in [0.3, 0.4) is 0 Å². The van der Waals surface area contributed by atoms with Gasteiger partial charge in [-0.1, -0.05) is 51.9 Å². The Morgan fingerprint density at radius 2 is 1.52 bits per heavy atom. The molecule has 2 rings (SSSR count). The Bertz CT molecular complexity index is 286. The van der Waals surface area contributed by atoms with E-state index in [0.717, 1.165) is 31.1 Å². The minimum atomic E-state index is 0.0570. The summed E-state index contributed by atoms with van der Waals surface area (Å²) in [5.74, 6) is 1.92. The van der Waals surface area contributed by atoms with Crippen molar-refractivity contribution in [3.8, 4) is 0 Å². The van der Waals surface area contributed by atoms with Crippen molar-refractivity contribution in [3.63, 3.8) is 0 Å².